The first kappa shape index (κ1) is 23.5. The number of morpholine rings is 1. The second-order valence-corrected chi connectivity index (χ2v) is 10.4. The van der Waals surface area contributed by atoms with E-state index in [9.17, 15) is 10.1 Å². The fourth-order valence-corrected chi connectivity index (χ4v) is 5.37. The van der Waals surface area contributed by atoms with Gasteiger partial charge >= 0.3 is 0 Å². The van der Waals surface area contributed by atoms with Gasteiger partial charge in [-0.3, -0.25) is 4.79 Å². The first-order valence-corrected chi connectivity index (χ1v) is 12.9. The smallest absolute Gasteiger partial charge is 0.253 e. The van der Waals surface area contributed by atoms with E-state index in [0.717, 1.165) is 43.6 Å². The van der Waals surface area contributed by atoms with Gasteiger partial charge in [0, 0.05) is 37.1 Å². The molecule has 2 N–H and O–H groups in total. The molecule has 9 nitrogen and oxygen atoms in total. The van der Waals surface area contributed by atoms with E-state index in [-0.39, 0.29) is 30.6 Å². The van der Waals surface area contributed by atoms with E-state index in [4.69, 9.17) is 9.72 Å². The van der Waals surface area contributed by atoms with Crippen molar-refractivity contribution in [2.75, 3.05) is 13.1 Å². The number of nitrogens with one attached hydrogen (secondary N) is 2. The zero-order valence-electron chi connectivity index (χ0n) is 21.1. The minimum absolute atomic E-state index is 0.185. The van der Waals surface area contributed by atoms with Crippen molar-refractivity contribution >= 4 is 17.1 Å². The zero-order valence-corrected chi connectivity index (χ0v) is 21.1. The lowest BCUT2D eigenvalue weighted by molar-refractivity contribution is -0.0588. The van der Waals surface area contributed by atoms with Gasteiger partial charge in [-0.15, -0.1) is 0 Å². The lowest BCUT2D eigenvalue weighted by Crippen LogP contribution is -2.45. The first-order valence-electron chi connectivity index (χ1n) is 12.9. The molecule has 4 heterocycles. The molecule has 3 aromatic rings. The van der Waals surface area contributed by atoms with Gasteiger partial charge in [0.05, 0.1) is 41.6 Å². The molecule has 3 aromatic heterocycles. The summed E-state index contributed by atoms with van der Waals surface area (Å²) in [6.45, 7) is 6.33. The molecule has 3 unspecified atom stereocenters. The number of aromatic amines is 1. The van der Waals surface area contributed by atoms with Crippen molar-refractivity contribution in [3.05, 3.63) is 71.6 Å². The summed E-state index contributed by atoms with van der Waals surface area (Å²) >= 11 is 0. The molecule has 2 fully saturated rings. The van der Waals surface area contributed by atoms with E-state index in [1.165, 1.54) is 5.70 Å². The normalized spacial score (nSPS) is 24.5. The van der Waals surface area contributed by atoms with Crippen LogP contribution in [0.2, 0.25) is 0 Å². The Morgan fingerprint density at radius 3 is 2.81 bits per heavy atom. The third-order valence-corrected chi connectivity index (χ3v) is 7.48. The number of imidazole rings is 1. The second kappa shape index (κ2) is 9.20. The molecule has 3 atom stereocenters. The lowest BCUT2D eigenvalue weighted by atomic mass is 9.93. The SMILES string of the molecule is CC1CN(C2=CC=CC(c3ccc4[nH]c(CNC(=O)c5ccn(C6(C#N)CC6)c5)nc4n3)C2)CC(C)O1. The Labute approximate surface area is 215 Å². The van der Waals surface area contributed by atoms with E-state index in [0.29, 0.717) is 17.0 Å². The highest BCUT2D eigenvalue weighted by molar-refractivity contribution is 5.94. The summed E-state index contributed by atoms with van der Waals surface area (Å²) in [7, 11) is 0. The van der Waals surface area contributed by atoms with Crippen molar-refractivity contribution in [3.63, 3.8) is 0 Å². The number of hydrogen-bond acceptors (Lipinski definition) is 6. The summed E-state index contributed by atoms with van der Waals surface area (Å²) in [5.74, 6) is 0.643. The van der Waals surface area contributed by atoms with Crippen LogP contribution < -0.4 is 5.32 Å². The first-order chi connectivity index (χ1) is 17.9. The number of H-pyrrole nitrogens is 1. The van der Waals surface area contributed by atoms with Crippen LogP contribution in [0.5, 0.6) is 0 Å². The molecular formula is C28H31N7O2. The molecule has 0 radical (unpaired) electrons. The Bertz CT molecular complexity index is 1430. The van der Waals surface area contributed by atoms with Crippen molar-refractivity contribution in [1.29, 1.82) is 5.26 Å². The zero-order chi connectivity index (χ0) is 25.6. The summed E-state index contributed by atoms with van der Waals surface area (Å²) in [5.41, 5.74) is 3.86. The minimum Gasteiger partial charge on any atom is -0.372 e. The third-order valence-electron chi connectivity index (χ3n) is 7.48. The molecule has 0 bridgehead atoms. The maximum Gasteiger partial charge on any atom is 0.253 e. The predicted molar refractivity (Wildman–Crippen MR) is 138 cm³/mol. The number of amides is 1. The van der Waals surface area contributed by atoms with Gasteiger partial charge in [0.25, 0.3) is 5.91 Å². The summed E-state index contributed by atoms with van der Waals surface area (Å²) in [6, 6.07) is 8.15. The number of nitrogens with zero attached hydrogens (tertiary/aromatic N) is 5. The van der Waals surface area contributed by atoms with Crippen LogP contribution in [0.1, 0.15) is 60.9 Å². The fourth-order valence-electron chi connectivity index (χ4n) is 5.37. The Morgan fingerprint density at radius 2 is 2.05 bits per heavy atom. The Kier molecular flexibility index (Phi) is 5.84. The van der Waals surface area contributed by atoms with E-state index in [1.807, 2.05) is 10.6 Å². The topological polar surface area (TPSA) is 112 Å². The highest BCUT2D eigenvalue weighted by Gasteiger charge is 2.45. The summed E-state index contributed by atoms with van der Waals surface area (Å²) in [4.78, 5) is 27.8. The van der Waals surface area contributed by atoms with Crippen molar-refractivity contribution in [3.8, 4) is 6.07 Å². The molecule has 37 heavy (non-hydrogen) atoms. The number of hydrogen-bond donors (Lipinski definition) is 2. The molecule has 1 saturated heterocycles. The van der Waals surface area contributed by atoms with Gasteiger partial charge in [0.1, 0.15) is 11.4 Å². The average molecular weight is 498 g/mol. The Hall–Kier alpha value is -3.90. The standard InChI is InChI=1S/C28H31N7O2/c1-18-14-34(15-19(2)37-18)22-5-3-4-20(12-22)23-6-7-24-26(32-23)33-25(31-24)13-30-27(36)21-8-11-35(16-21)28(17-29)9-10-28/h3-8,11,16,18-20H,9-10,12-15H2,1-2H3,(H,30,36)(H,31,32,33). The van der Waals surface area contributed by atoms with Gasteiger partial charge in [0.15, 0.2) is 5.65 Å². The average Bonchev–Trinajstić information content (AvgIpc) is 3.34. The van der Waals surface area contributed by atoms with Crippen molar-refractivity contribution in [1.82, 2.24) is 29.7 Å². The second-order valence-electron chi connectivity index (χ2n) is 10.4. The number of carbonyl (C=O) groups is 1. The van der Waals surface area contributed by atoms with Crippen LogP contribution in [-0.2, 0) is 16.8 Å². The number of nitriles is 1. The molecule has 3 aliphatic rings. The summed E-state index contributed by atoms with van der Waals surface area (Å²) in [6.07, 6.45) is 13.1. The van der Waals surface area contributed by atoms with Crippen molar-refractivity contribution in [2.45, 2.75) is 63.3 Å². The van der Waals surface area contributed by atoms with E-state index in [1.54, 1.807) is 18.5 Å². The minimum atomic E-state index is -0.468. The van der Waals surface area contributed by atoms with Crippen LogP contribution >= 0.6 is 0 Å². The van der Waals surface area contributed by atoms with Crippen LogP contribution in [0.4, 0.5) is 0 Å². The Balaban J connectivity index is 1.11. The maximum absolute atomic E-state index is 12.7. The van der Waals surface area contributed by atoms with Gasteiger partial charge in [-0.25, -0.2) is 9.97 Å². The number of aromatic nitrogens is 4. The molecule has 0 aromatic carbocycles. The van der Waals surface area contributed by atoms with Crippen LogP contribution in [0.15, 0.2) is 54.5 Å². The highest BCUT2D eigenvalue weighted by atomic mass is 16.5. The molecule has 0 spiro atoms. The molecule has 1 amide bonds. The molecule has 9 heteroatoms. The number of rotatable bonds is 6. The van der Waals surface area contributed by atoms with Crippen LogP contribution in [-0.4, -0.2) is 55.6 Å². The number of carbonyl (C=O) groups excluding carboxylic acids is 1. The van der Waals surface area contributed by atoms with Gasteiger partial charge < -0.3 is 24.5 Å². The fraction of sp³-hybridized carbons (Fsp3) is 0.429. The van der Waals surface area contributed by atoms with Crippen molar-refractivity contribution < 1.29 is 9.53 Å². The lowest BCUT2D eigenvalue weighted by Gasteiger charge is -2.39. The van der Waals surface area contributed by atoms with Gasteiger partial charge in [0.2, 0.25) is 0 Å². The van der Waals surface area contributed by atoms with E-state index >= 15 is 0 Å². The monoisotopic (exact) mass is 497 g/mol. The van der Waals surface area contributed by atoms with E-state index < -0.39 is 5.54 Å². The number of ether oxygens (including phenoxy) is 1. The van der Waals surface area contributed by atoms with Crippen LogP contribution in [0.3, 0.4) is 0 Å². The Morgan fingerprint density at radius 1 is 1.24 bits per heavy atom. The molecule has 1 aliphatic heterocycles. The highest BCUT2D eigenvalue weighted by Crippen LogP contribution is 2.43. The van der Waals surface area contributed by atoms with Crippen LogP contribution in [0, 0.1) is 11.3 Å². The molecule has 190 valence electrons. The quantitative estimate of drug-likeness (QED) is 0.537. The maximum atomic E-state index is 12.7. The molecule has 2 aliphatic carbocycles. The number of pyridine rings is 1. The molecule has 6 rings (SSSR count). The third kappa shape index (κ3) is 4.65. The van der Waals surface area contributed by atoms with E-state index in [2.05, 4.69) is 64.4 Å². The van der Waals surface area contributed by atoms with Crippen LogP contribution in [0.25, 0.3) is 11.2 Å². The molecule has 1 saturated carbocycles. The van der Waals surface area contributed by atoms with Gasteiger partial charge in [-0.2, -0.15) is 5.26 Å². The van der Waals surface area contributed by atoms with Gasteiger partial charge in [-0.1, -0.05) is 12.2 Å². The number of fused-ring (bicyclic) bond motifs is 1. The van der Waals surface area contributed by atoms with Gasteiger partial charge in [-0.05, 0) is 57.4 Å². The largest absolute Gasteiger partial charge is 0.372 e. The summed E-state index contributed by atoms with van der Waals surface area (Å²) < 4.78 is 7.74. The predicted octanol–water partition coefficient (Wildman–Crippen LogP) is 3.74. The number of allylic oxidation sites excluding steroid dienone is 4. The summed E-state index contributed by atoms with van der Waals surface area (Å²) in [5, 5.41) is 12.3. The molecular weight excluding hydrogens is 466 g/mol. The van der Waals surface area contributed by atoms with Crippen molar-refractivity contribution in [2.24, 2.45) is 0 Å².